The Balaban J connectivity index is 2.00. The normalized spacial score (nSPS) is 20.3. The van der Waals surface area contributed by atoms with E-state index in [0.29, 0.717) is 22.0 Å². The highest BCUT2D eigenvalue weighted by atomic mass is 35.5. The maximum Gasteiger partial charge on any atom is 0.0595 e. The quantitative estimate of drug-likeness (QED) is 0.718. The van der Waals surface area contributed by atoms with Crippen molar-refractivity contribution in [2.45, 2.75) is 31.7 Å². The summed E-state index contributed by atoms with van der Waals surface area (Å²) < 4.78 is 0. The lowest BCUT2D eigenvalue weighted by atomic mass is 9.76. The maximum absolute atomic E-state index is 6.20. The summed E-state index contributed by atoms with van der Waals surface area (Å²) in [6.45, 7) is 5.99. The Morgan fingerprint density at radius 3 is 2.45 bits per heavy atom. The molecule has 0 spiro atoms. The summed E-state index contributed by atoms with van der Waals surface area (Å²) in [5.74, 6) is 0.370. The molecule has 1 aliphatic rings. The van der Waals surface area contributed by atoms with Crippen molar-refractivity contribution < 1.29 is 0 Å². The van der Waals surface area contributed by atoms with E-state index in [4.69, 9.17) is 23.2 Å². The molecule has 114 valence electrons. The molecule has 2 unspecified atom stereocenters. The Morgan fingerprint density at radius 2 is 1.77 bits per heavy atom. The van der Waals surface area contributed by atoms with Gasteiger partial charge in [-0.05, 0) is 48.6 Å². The molecule has 2 atom stereocenters. The molecule has 1 nitrogen and oxygen atoms in total. The van der Waals surface area contributed by atoms with E-state index in [1.807, 2.05) is 19.1 Å². The number of nitrogens with one attached hydrogen (secondary N) is 1. The van der Waals surface area contributed by atoms with Gasteiger partial charge in [0.05, 0.1) is 16.1 Å². The van der Waals surface area contributed by atoms with Crippen LogP contribution in [-0.4, -0.2) is 0 Å². The molecule has 0 aromatic heterocycles. The van der Waals surface area contributed by atoms with Gasteiger partial charge in [-0.25, -0.2) is 0 Å². The molecule has 0 amide bonds. The first kappa shape index (κ1) is 15.5. The molecule has 3 rings (SSSR count). The number of fused-ring (bicyclic) bond motifs is 1. The molecule has 0 saturated heterocycles. The van der Waals surface area contributed by atoms with Crippen LogP contribution in [0.5, 0.6) is 0 Å². The Kier molecular flexibility index (Phi) is 4.46. The van der Waals surface area contributed by atoms with Crippen molar-refractivity contribution in [3.63, 3.8) is 0 Å². The van der Waals surface area contributed by atoms with Gasteiger partial charge in [0.1, 0.15) is 0 Å². The largest absolute Gasteiger partial charge is 0.382 e. The summed E-state index contributed by atoms with van der Waals surface area (Å²) in [4.78, 5) is 0. The van der Waals surface area contributed by atoms with Crippen molar-refractivity contribution in [3.05, 3.63) is 81.5 Å². The van der Waals surface area contributed by atoms with Crippen LogP contribution in [0, 0.1) is 0 Å². The highest BCUT2D eigenvalue weighted by Crippen LogP contribution is 2.42. The molecule has 0 heterocycles. The lowest BCUT2D eigenvalue weighted by Crippen LogP contribution is -2.25. The number of rotatable bonds is 3. The standard InChI is InChI=1S/C19H19Cl2N/c1-12(2)22-19-10-8-14(15-5-3-4-6-16(15)19)13-7-9-17(20)18(21)11-13/h3-7,9,11,14,19,22H,1,8,10H2,2H3. The van der Waals surface area contributed by atoms with Crippen LogP contribution in [0.15, 0.2) is 54.7 Å². The predicted octanol–water partition coefficient (Wildman–Crippen LogP) is 6.08. The van der Waals surface area contributed by atoms with E-state index in [9.17, 15) is 0 Å². The van der Waals surface area contributed by atoms with E-state index in [-0.39, 0.29) is 0 Å². The van der Waals surface area contributed by atoms with Crippen molar-refractivity contribution >= 4 is 23.2 Å². The van der Waals surface area contributed by atoms with Crippen molar-refractivity contribution in [2.75, 3.05) is 0 Å². The highest BCUT2D eigenvalue weighted by Gasteiger charge is 2.28. The summed E-state index contributed by atoms with van der Waals surface area (Å²) >= 11 is 12.3. The van der Waals surface area contributed by atoms with E-state index >= 15 is 0 Å². The van der Waals surface area contributed by atoms with Crippen LogP contribution >= 0.6 is 23.2 Å². The average Bonchev–Trinajstić information content (AvgIpc) is 2.50. The fourth-order valence-electron chi connectivity index (χ4n) is 3.31. The van der Waals surface area contributed by atoms with Gasteiger partial charge >= 0.3 is 0 Å². The molecule has 2 aromatic rings. The predicted molar refractivity (Wildman–Crippen MR) is 94.7 cm³/mol. The first-order valence-electron chi connectivity index (χ1n) is 7.52. The Bertz CT molecular complexity index is 708. The van der Waals surface area contributed by atoms with Crippen molar-refractivity contribution in [1.82, 2.24) is 5.32 Å². The van der Waals surface area contributed by atoms with Crippen LogP contribution in [-0.2, 0) is 0 Å². The number of hydrogen-bond acceptors (Lipinski definition) is 1. The molecule has 22 heavy (non-hydrogen) atoms. The first-order valence-corrected chi connectivity index (χ1v) is 8.27. The topological polar surface area (TPSA) is 12.0 Å². The molecular weight excluding hydrogens is 313 g/mol. The smallest absolute Gasteiger partial charge is 0.0595 e. The van der Waals surface area contributed by atoms with Crippen molar-refractivity contribution in [3.8, 4) is 0 Å². The third-order valence-corrected chi connectivity index (χ3v) is 5.00. The van der Waals surface area contributed by atoms with Gasteiger partial charge in [0.15, 0.2) is 0 Å². The minimum absolute atomic E-state index is 0.340. The van der Waals surface area contributed by atoms with Gasteiger partial charge < -0.3 is 5.32 Å². The molecule has 0 aliphatic heterocycles. The molecule has 0 radical (unpaired) electrons. The summed E-state index contributed by atoms with van der Waals surface area (Å²) in [6.07, 6.45) is 2.16. The van der Waals surface area contributed by atoms with Crippen molar-refractivity contribution in [1.29, 1.82) is 0 Å². The van der Waals surface area contributed by atoms with Gasteiger partial charge in [-0.3, -0.25) is 0 Å². The molecule has 3 heteroatoms. The van der Waals surface area contributed by atoms with Gasteiger partial charge in [0.2, 0.25) is 0 Å². The number of hydrogen-bond donors (Lipinski definition) is 1. The third-order valence-electron chi connectivity index (χ3n) is 4.26. The molecule has 1 N–H and O–H groups in total. The summed E-state index contributed by atoms with van der Waals surface area (Å²) in [6, 6.07) is 14.9. The van der Waals surface area contributed by atoms with Crippen LogP contribution in [0.1, 0.15) is 48.4 Å². The average molecular weight is 332 g/mol. The summed E-state index contributed by atoms with van der Waals surface area (Å²) in [5, 5.41) is 4.72. The summed E-state index contributed by atoms with van der Waals surface area (Å²) in [5.41, 5.74) is 4.96. The number of halogens is 2. The second-order valence-corrected chi connectivity index (χ2v) is 6.72. The second kappa shape index (κ2) is 6.36. The van der Waals surface area contributed by atoms with E-state index in [2.05, 4.69) is 42.2 Å². The van der Waals surface area contributed by atoms with Gasteiger partial charge in [0, 0.05) is 11.6 Å². The maximum atomic E-state index is 6.20. The Labute approximate surface area is 142 Å². The van der Waals surface area contributed by atoms with E-state index in [0.717, 1.165) is 18.5 Å². The highest BCUT2D eigenvalue weighted by molar-refractivity contribution is 6.42. The fraction of sp³-hybridized carbons (Fsp3) is 0.263. The van der Waals surface area contributed by atoms with Crippen LogP contribution in [0.4, 0.5) is 0 Å². The van der Waals surface area contributed by atoms with Crippen LogP contribution in [0.2, 0.25) is 10.0 Å². The fourth-order valence-corrected chi connectivity index (χ4v) is 3.62. The first-order chi connectivity index (χ1) is 10.6. The number of allylic oxidation sites excluding steroid dienone is 1. The molecule has 1 aliphatic carbocycles. The minimum Gasteiger partial charge on any atom is -0.382 e. The van der Waals surface area contributed by atoms with Gasteiger partial charge in [-0.1, -0.05) is 60.1 Å². The summed E-state index contributed by atoms with van der Waals surface area (Å²) in [7, 11) is 0. The van der Waals surface area contributed by atoms with Gasteiger partial charge in [0.25, 0.3) is 0 Å². The van der Waals surface area contributed by atoms with E-state index < -0.39 is 0 Å². The SMILES string of the molecule is C=C(C)NC1CCC(c2ccc(Cl)c(Cl)c2)c2ccccc21. The minimum atomic E-state index is 0.340. The van der Waals surface area contributed by atoms with Crippen LogP contribution < -0.4 is 5.32 Å². The van der Waals surface area contributed by atoms with Crippen LogP contribution in [0.25, 0.3) is 0 Å². The lowest BCUT2D eigenvalue weighted by molar-refractivity contribution is 0.474. The Hall–Kier alpha value is -1.44. The third kappa shape index (κ3) is 3.02. The molecule has 0 saturated carbocycles. The Morgan fingerprint density at radius 1 is 1.05 bits per heavy atom. The molecule has 2 aromatic carbocycles. The van der Waals surface area contributed by atoms with E-state index in [1.165, 1.54) is 16.7 Å². The van der Waals surface area contributed by atoms with Gasteiger partial charge in [-0.2, -0.15) is 0 Å². The van der Waals surface area contributed by atoms with Gasteiger partial charge in [-0.15, -0.1) is 0 Å². The zero-order chi connectivity index (χ0) is 15.7. The zero-order valence-corrected chi connectivity index (χ0v) is 14.1. The molecule has 0 fully saturated rings. The monoisotopic (exact) mass is 331 g/mol. The second-order valence-electron chi connectivity index (χ2n) is 5.91. The van der Waals surface area contributed by atoms with E-state index in [1.54, 1.807) is 0 Å². The molecule has 0 bridgehead atoms. The van der Waals surface area contributed by atoms with Crippen LogP contribution in [0.3, 0.4) is 0 Å². The zero-order valence-electron chi connectivity index (χ0n) is 12.6. The number of benzene rings is 2. The lowest BCUT2D eigenvalue weighted by Gasteiger charge is -2.33. The van der Waals surface area contributed by atoms with Crippen molar-refractivity contribution in [2.24, 2.45) is 0 Å². The molecular formula is C19H19Cl2N.